The van der Waals surface area contributed by atoms with E-state index in [9.17, 15) is 4.79 Å². The zero-order valence-corrected chi connectivity index (χ0v) is 13.1. The van der Waals surface area contributed by atoms with Crippen molar-refractivity contribution in [3.63, 3.8) is 0 Å². The first kappa shape index (κ1) is 16.4. The molecule has 5 nitrogen and oxygen atoms in total. The molecule has 2 aliphatic rings. The highest BCUT2D eigenvalue weighted by molar-refractivity contribution is 7.15. The van der Waals surface area contributed by atoms with Crippen LogP contribution in [0.15, 0.2) is 6.20 Å². The summed E-state index contributed by atoms with van der Waals surface area (Å²) in [5, 5.41) is 0.677. The monoisotopic (exact) mass is 312 g/mol. The van der Waals surface area contributed by atoms with Crippen molar-refractivity contribution in [1.82, 2.24) is 4.98 Å². The van der Waals surface area contributed by atoms with Crippen LogP contribution in [0.2, 0.25) is 0 Å². The first-order chi connectivity index (χ1) is 10.3. The average molecular weight is 312 g/mol. The van der Waals surface area contributed by atoms with E-state index in [1.54, 1.807) is 11.3 Å². The molecular formula is C15H24N2O3S. The number of nitrogen functional groups attached to an aromatic ring is 1. The van der Waals surface area contributed by atoms with E-state index >= 15 is 0 Å². The minimum atomic E-state index is 0.608. The van der Waals surface area contributed by atoms with Gasteiger partial charge < -0.3 is 20.0 Å². The normalized spacial score (nSPS) is 20.6. The molecule has 2 fully saturated rings. The number of aldehydes is 1. The Hall–Kier alpha value is -0.980. The lowest BCUT2D eigenvalue weighted by atomic mass is 9.98. The quantitative estimate of drug-likeness (QED) is 0.868. The number of carbonyl (C=O) groups is 1. The van der Waals surface area contributed by atoms with Gasteiger partial charge in [-0.05, 0) is 37.5 Å². The fourth-order valence-electron chi connectivity index (χ4n) is 2.59. The molecule has 1 aromatic rings. The summed E-state index contributed by atoms with van der Waals surface area (Å²) >= 11 is 1.61. The third kappa shape index (κ3) is 5.73. The maximum atomic E-state index is 10.0. The number of rotatable bonds is 3. The van der Waals surface area contributed by atoms with Gasteiger partial charge >= 0.3 is 0 Å². The minimum Gasteiger partial charge on any atom is -0.381 e. The third-order valence-corrected chi connectivity index (χ3v) is 4.92. The highest BCUT2D eigenvalue weighted by Gasteiger charge is 2.17. The third-order valence-electron chi connectivity index (χ3n) is 3.94. The molecule has 1 aromatic heterocycles. The summed E-state index contributed by atoms with van der Waals surface area (Å²) in [6, 6.07) is 0. The Balaban J connectivity index is 0.000000161. The van der Waals surface area contributed by atoms with Crippen molar-refractivity contribution in [3.8, 4) is 0 Å². The summed E-state index contributed by atoms with van der Waals surface area (Å²) in [5.74, 6) is 1.24. The smallest absolute Gasteiger partial charge is 0.180 e. The number of hydrogen-bond donors (Lipinski definition) is 1. The van der Waals surface area contributed by atoms with E-state index in [4.69, 9.17) is 15.2 Å². The van der Waals surface area contributed by atoms with Gasteiger partial charge in [0.15, 0.2) is 5.13 Å². The minimum absolute atomic E-state index is 0.608. The van der Waals surface area contributed by atoms with E-state index < -0.39 is 0 Å². The van der Waals surface area contributed by atoms with Crippen molar-refractivity contribution >= 4 is 22.8 Å². The molecule has 3 rings (SSSR count). The molecule has 0 unspecified atom stereocenters. The molecule has 3 heterocycles. The fraction of sp³-hybridized carbons (Fsp3) is 0.733. The van der Waals surface area contributed by atoms with Gasteiger partial charge in [0, 0.05) is 43.9 Å². The molecule has 0 saturated carbocycles. The predicted octanol–water partition coefficient (Wildman–Crippen LogP) is 2.62. The van der Waals surface area contributed by atoms with Gasteiger partial charge in [-0.1, -0.05) is 0 Å². The van der Waals surface area contributed by atoms with Crippen LogP contribution in [0.1, 0.15) is 42.9 Å². The lowest BCUT2D eigenvalue weighted by molar-refractivity contribution is -0.109. The SMILES string of the molecule is Nc1ncc(C2CCOCC2)s1.O=CCC1CCOCC1. The molecule has 0 bridgehead atoms. The van der Waals surface area contributed by atoms with E-state index in [-0.39, 0.29) is 0 Å². The molecule has 0 radical (unpaired) electrons. The van der Waals surface area contributed by atoms with E-state index in [1.807, 2.05) is 6.20 Å². The maximum absolute atomic E-state index is 10.0. The highest BCUT2D eigenvalue weighted by Crippen LogP contribution is 2.31. The molecule has 0 aromatic carbocycles. The summed E-state index contributed by atoms with van der Waals surface area (Å²) in [6.45, 7) is 3.45. The zero-order chi connectivity index (χ0) is 14.9. The molecule has 0 aliphatic carbocycles. The number of thiazole rings is 1. The Labute approximate surface area is 129 Å². The van der Waals surface area contributed by atoms with Gasteiger partial charge in [0.05, 0.1) is 0 Å². The second kappa shape index (κ2) is 9.12. The van der Waals surface area contributed by atoms with Crippen LogP contribution in [0.5, 0.6) is 0 Å². The van der Waals surface area contributed by atoms with Crippen LogP contribution in [-0.2, 0) is 14.3 Å². The second-order valence-corrected chi connectivity index (χ2v) is 6.54. The molecule has 2 saturated heterocycles. The topological polar surface area (TPSA) is 74.4 Å². The van der Waals surface area contributed by atoms with E-state index in [1.165, 1.54) is 4.88 Å². The Kier molecular flexibility index (Phi) is 7.12. The number of anilines is 1. The van der Waals surface area contributed by atoms with Crippen LogP contribution in [0.4, 0.5) is 5.13 Å². The van der Waals surface area contributed by atoms with Gasteiger partial charge in [-0.25, -0.2) is 4.98 Å². The first-order valence-electron chi connectivity index (χ1n) is 7.60. The lowest BCUT2D eigenvalue weighted by Crippen LogP contribution is -2.15. The molecule has 0 amide bonds. The standard InChI is InChI=1S/C8H12N2OS.C7H12O2/c9-8-10-5-7(12-8)6-1-3-11-4-2-6;8-4-1-7-2-5-9-6-3-7/h5-6H,1-4H2,(H2,9,10);4,7H,1-3,5-6H2. The Morgan fingerprint density at radius 3 is 2.33 bits per heavy atom. The molecule has 0 spiro atoms. The van der Waals surface area contributed by atoms with Crippen molar-refractivity contribution in [2.75, 3.05) is 32.2 Å². The first-order valence-corrected chi connectivity index (χ1v) is 8.41. The van der Waals surface area contributed by atoms with Crippen molar-refractivity contribution in [2.45, 2.75) is 38.0 Å². The molecule has 2 aliphatic heterocycles. The number of nitrogens with two attached hydrogens (primary N) is 1. The Morgan fingerprint density at radius 1 is 1.19 bits per heavy atom. The van der Waals surface area contributed by atoms with Crippen molar-refractivity contribution in [2.24, 2.45) is 5.92 Å². The molecule has 6 heteroatoms. The number of ether oxygens (including phenoxy) is 2. The van der Waals surface area contributed by atoms with E-state index in [0.717, 1.165) is 64.8 Å². The number of hydrogen-bond acceptors (Lipinski definition) is 6. The van der Waals surface area contributed by atoms with Gasteiger partial charge in [-0.2, -0.15) is 0 Å². The number of nitrogens with zero attached hydrogens (tertiary/aromatic N) is 1. The van der Waals surface area contributed by atoms with Crippen LogP contribution >= 0.6 is 11.3 Å². The number of carbonyl (C=O) groups excluding carboxylic acids is 1. The zero-order valence-electron chi connectivity index (χ0n) is 12.3. The van der Waals surface area contributed by atoms with E-state index in [2.05, 4.69) is 4.98 Å². The average Bonchev–Trinajstić information content (AvgIpc) is 2.97. The van der Waals surface area contributed by atoms with Gasteiger partial charge in [0.2, 0.25) is 0 Å². The molecule has 0 atom stereocenters. The van der Waals surface area contributed by atoms with Crippen LogP contribution in [0.25, 0.3) is 0 Å². The summed E-state index contributed by atoms with van der Waals surface area (Å²) in [6.07, 6.45) is 8.00. The van der Waals surface area contributed by atoms with Gasteiger partial charge in [-0.3, -0.25) is 0 Å². The summed E-state index contributed by atoms with van der Waals surface area (Å²) < 4.78 is 10.4. The van der Waals surface area contributed by atoms with Crippen LogP contribution < -0.4 is 5.73 Å². The second-order valence-electron chi connectivity index (χ2n) is 5.45. The molecular weight excluding hydrogens is 288 g/mol. The molecule has 118 valence electrons. The van der Waals surface area contributed by atoms with Gasteiger partial charge in [0.25, 0.3) is 0 Å². The summed E-state index contributed by atoms with van der Waals surface area (Å²) in [4.78, 5) is 15.4. The molecule has 21 heavy (non-hydrogen) atoms. The maximum Gasteiger partial charge on any atom is 0.180 e. The van der Waals surface area contributed by atoms with Crippen LogP contribution in [-0.4, -0.2) is 37.7 Å². The summed E-state index contributed by atoms with van der Waals surface area (Å²) in [7, 11) is 0. The van der Waals surface area contributed by atoms with Gasteiger partial charge in [-0.15, -0.1) is 11.3 Å². The highest BCUT2D eigenvalue weighted by atomic mass is 32.1. The summed E-state index contributed by atoms with van der Waals surface area (Å²) in [5.41, 5.74) is 5.56. The Bertz CT molecular complexity index is 413. The van der Waals surface area contributed by atoms with Crippen LogP contribution in [0, 0.1) is 5.92 Å². The molecule has 2 N–H and O–H groups in total. The fourth-order valence-corrected chi connectivity index (χ4v) is 3.44. The van der Waals surface area contributed by atoms with Gasteiger partial charge in [0.1, 0.15) is 6.29 Å². The van der Waals surface area contributed by atoms with E-state index in [0.29, 0.717) is 17.0 Å². The van der Waals surface area contributed by atoms with Crippen molar-refractivity contribution < 1.29 is 14.3 Å². The van der Waals surface area contributed by atoms with Crippen molar-refractivity contribution in [1.29, 1.82) is 0 Å². The Morgan fingerprint density at radius 2 is 1.81 bits per heavy atom. The van der Waals surface area contributed by atoms with Crippen molar-refractivity contribution in [3.05, 3.63) is 11.1 Å². The largest absolute Gasteiger partial charge is 0.381 e. The van der Waals surface area contributed by atoms with Crippen LogP contribution in [0.3, 0.4) is 0 Å². The predicted molar refractivity (Wildman–Crippen MR) is 83.5 cm³/mol. The lowest BCUT2D eigenvalue weighted by Gasteiger charge is -2.19. The number of aromatic nitrogens is 1.